The summed E-state index contributed by atoms with van der Waals surface area (Å²) in [4.78, 5) is 34.5. The number of benzene rings is 1. The standard InChI is InChI=1S/C14H12N2O6S2/c17-10-4-3-9(16(21)22)6-8(10)7-11-13(20)15(14(23)24-11)5-1-2-12(18)19/h3-4,6-7,17H,1-2,5H2,(H,18,19)/b11-7+. The molecule has 0 aromatic heterocycles. The fraction of sp³-hybridized carbons (Fsp3) is 0.214. The normalized spacial score (nSPS) is 16.0. The van der Waals surface area contributed by atoms with Crippen LogP contribution in [0.1, 0.15) is 18.4 Å². The number of aliphatic carboxylic acids is 1. The second-order valence-electron chi connectivity index (χ2n) is 4.83. The van der Waals surface area contributed by atoms with E-state index in [4.69, 9.17) is 17.3 Å². The molecule has 0 atom stereocenters. The number of phenolic OH excluding ortho intramolecular Hbond substituents is 1. The number of thioether (sulfide) groups is 1. The first kappa shape index (κ1) is 17.9. The van der Waals surface area contributed by atoms with Crippen LogP contribution in [0.5, 0.6) is 5.75 Å². The highest BCUT2D eigenvalue weighted by Gasteiger charge is 2.32. The Morgan fingerprint density at radius 1 is 1.46 bits per heavy atom. The van der Waals surface area contributed by atoms with Crippen molar-refractivity contribution >= 4 is 51.9 Å². The molecule has 0 aliphatic carbocycles. The van der Waals surface area contributed by atoms with Gasteiger partial charge in [0.25, 0.3) is 11.6 Å². The molecule has 10 heteroatoms. The van der Waals surface area contributed by atoms with Gasteiger partial charge in [0.05, 0.1) is 9.83 Å². The van der Waals surface area contributed by atoms with Crippen LogP contribution in [0.3, 0.4) is 0 Å². The van der Waals surface area contributed by atoms with Crippen LogP contribution >= 0.6 is 24.0 Å². The van der Waals surface area contributed by atoms with E-state index < -0.39 is 16.8 Å². The largest absolute Gasteiger partial charge is 0.507 e. The van der Waals surface area contributed by atoms with Gasteiger partial charge < -0.3 is 10.2 Å². The van der Waals surface area contributed by atoms with E-state index in [0.717, 1.165) is 23.9 Å². The van der Waals surface area contributed by atoms with Crippen molar-refractivity contribution in [2.45, 2.75) is 12.8 Å². The second kappa shape index (κ2) is 7.41. The molecule has 1 heterocycles. The van der Waals surface area contributed by atoms with Gasteiger partial charge in [0, 0.05) is 30.7 Å². The molecule has 2 N–H and O–H groups in total. The number of rotatable bonds is 6. The second-order valence-corrected chi connectivity index (χ2v) is 6.51. The van der Waals surface area contributed by atoms with Crippen LogP contribution in [0.15, 0.2) is 23.1 Å². The highest BCUT2D eigenvalue weighted by Crippen LogP contribution is 2.35. The number of phenols is 1. The third-order valence-electron chi connectivity index (χ3n) is 3.15. The maximum absolute atomic E-state index is 12.3. The minimum absolute atomic E-state index is 0.0816. The Hall–Kier alpha value is -2.46. The van der Waals surface area contributed by atoms with Crippen molar-refractivity contribution in [1.29, 1.82) is 0 Å². The predicted molar refractivity (Wildman–Crippen MR) is 91.5 cm³/mol. The van der Waals surface area contributed by atoms with Crippen molar-refractivity contribution in [1.82, 2.24) is 4.90 Å². The Balaban J connectivity index is 2.21. The molecular formula is C14H12N2O6S2. The lowest BCUT2D eigenvalue weighted by atomic mass is 10.1. The van der Waals surface area contributed by atoms with Crippen LogP contribution in [-0.2, 0) is 9.59 Å². The first-order chi connectivity index (χ1) is 11.3. The fourth-order valence-electron chi connectivity index (χ4n) is 1.99. The Morgan fingerprint density at radius 2 is 2.17 bits per heavy atom. The number of carbonyl (C=O) groups excluding carboxylic acids is 1. The van der Waals surface area contributed by atoms with Crippen LogP contribution in [0.25, 0.3) is 6.08 Å². The number of hydrogen-bond donors (Lipinski definition) is 2. The topological polar surface area (TPSA) is 121 Å². The molecule has 0 bridgehead atoms. The van der Waals surface area contributed by atoms with E-state index in [2.05, 4.69) is 0 Å². The number of carbonyl (C=O) groups is 2. The molecule has 1 fully saturated rings. The van der Waals surface area contributed by atoms with Crippen LogP contribution in [0.2, 0.25) is 0 Å². The van der Waals surface area contributed by atoms with E-state index in [-0.39, 0.29) is 45.6 Å². The minimum atomic E-state index is -0.961. The molecule has 0 saturated carbocycles. The molecule has 1 amide bonds. The average molecular weight is 368 g/mol. The smallest absolute Gasteiger partial charge is 0.303 e. The van der Waals surface area contributed by atoms with Gasteiger partial charge in [-0.25, -0.2) is 0 Å². The molecule has 126 valence electrons. The van der Waals surface area contributed by atoms with Gasteiger partial charge in [-0.05, 0) is 18.6 Å². The lowest BCUT2D eigenvalue weighted by Crippen LogP contribution is -2.29. The van der Waals surface area contributed by atoms with Crippen molar-refractivity contribution < 1.29 is 24.7 Å². The molecular weight excluding hydrogens is 356 g/mol. The van der Waals surface area contributed by atoms with Crippen molar-refractivity contribution in [2.24, 2.45) is 0 Å². The average Bonchev–Trinajstić information content (AvgIpc) is 2.76. The molecule has 1 aromatic rings. The van der Waals surface area contributed by atoms with Gasteiger partial charge in [-0.1, -0.05) is 24.0 Å². The quantitative estimate of drug-likeness (QED) is 0.340. The molecule has 1 aromatic carbocycles. The third kappa shape index (κ3) is 4.09. The summed E-state index contributed by atoms with van der Waals surface area (Å²) >= 11 is 6.10. The summed E-state index contributed by atoms with van der Waals surface area (Å²) in [5.41, 5.74) is -0.0776. The molecule has 1 aliphatic rings. The van der Waals surface area contributed by atoms with E-state index in [1.165, 1.54) is 17.0 Å². The third-order valence-corrected chi connectivity index (χ3v) is 4.53. The SMILES string of the molecule is O=C(O)CCCN1C(=O)/C(=C\c2cc([N+](=O)[O-])ccc2O)SC1=S. The number of hydrogen-bond acceptors (Lipinski definition) is 7. The van der Waals surface area contributed by atoms with Gasteiger partial charge in [0.15, 0.2) is 0 Å². The van der Waals surface area contributed by atoms with Crippen LogP contribution in [0.4, 0.5) is 5.69 Å². The predicted octanol–water partition coefficient (Wildman–Crippen LogP) is 2.37. The number of carboxylic acids is 1. The molecule has 0 unspecified atom stereocenters. The fourth-order valence-corrected chi connectivity index (χ4v) is 3.29. The molecule has 0 spiro atoms. The lowest BCUT2D eigenvalue weighted by Gasteiger charge is -2.13. The molecule has 0 radical (unpaired) electrons. The zero-order chi connectivity index (χ0) is 17.9. The van der Waals surface area contributed by atoms with Crippen LogP contribution in [0, 0.1) is 10.1 Å². The molecule has 8 nitrogen and oxygen atoms in total. The summed E-state index contributed by atoms with van der Waals surface area (Å²) in [7, 11) is 0. The van der Waals surface area contributed by atoms with E-state index in [1.54, 1.807) is 0 Å². The van der Waals surface area contributed by atoms with Gasteiger partial charge in [-0.2, -0.15) is 0 Å². The summed E-state index contributed by atoms with van der Waals surface area (Å²) in [5.74, 6) is -1.57. The van der Waals surface area contributed by atoms with Crippen molar-refractivity contribution in [2.75, 3.05) is 6.54 Å². The highest BCUT2D eigenvalue weighted by atomic mass is 32.2. The van der Waals surface area contributed by atoms with Crippen molar-refractivity contribution in [3.05, 3.63) is 38.8 Å². The highest BCUT2D eigenvalue weighted by molar-refractivity contribution is 8.26. The first-order valence-electron chi connectivity index (χ1n) is 6.74. The van der Waals surface area contributed by atoms with Crippen LogP contribution in [-0.4, -0.2) is 42.8 Å². The summed E-state index contributed by atoms with van der Waals surface area (Å²) in [6.07, 6.45) is 1.51. The van der Waals surface area contributed by atoms with Crippen molar-refractivity contribution in [3.63, 3.8) is 0 Å². The number of carboxylic acid groups (broad SMARTS) is 1. The molecule has 1 aliphatic heterocycles. The first-order valence-corrected chi connectivity index (χ1v) is 7.96. The van der Waals surface area contributed by atoms with E-state index in [9.17, 15) is 24.8 Å². The zero-order valence-electron chi connectivity index (χ0n) is 12.2. The van der Waals surface area contributed by atoms with Gasteiger partial charge in [-0.3, -0.25) is 24.6 Å². The summed E-state index contributed by atoms with van der Waals surface area (Å²) in [6, 6.07) is 3.49. The molecule has 24 heavy (non-hydrogen) atoms. The Bertz CT molecular complexity index is 762. The van der Waals surface area contributed by atoms with E-state index >= 15 is 0 Å². The number of aromatic hydroxyl groups is 1. The Labute approximate surface area is 145 Å². The number of nitro benzene ring substituents is 1. The van der Waals surface area contributed by atoms with Gasteiger partial charge >= 0.3 is 5.97 Å². The van der Waals surface area contributed by atoms with Gasteiger partial charge in [0.2, 0.25) is 0 Å². The lowest BCUT2D eigenvalue weighted by molar-refractivity contribution is -0.384. The minimum Gasteiger partial charge on any atom is -0.507 e. The number of amides is 1. The van der Waals surface area contributed by atoms with Crippen LogP contribution < -0.4 is 0 Å². The number of non-ortho nitro benzene ring substituents is 1. The van der Waals surface area contributed by atoms with Crippen molar-refractivity contribution in [3.8, 4) is 5.75 Å². The summed E-state index contributed by atoms with van der Waals surface area (Å²) in [5, 5.41) is 29.2. The Kier molecular flexibility index (Phi) is 5.52. The monoisotopic (exact) mass is 368 g/mol. The molecule has 2 rings (SSSR count). The van der Waals surface area contributed by atoms with E-state index in [0.29, 0.717) is 0 Å². The van der Waals surface area contributed by atoms with E-state index in [1.807, 2.05) is 0 Å². The number of nitrogens with zero attached hydrogens (tertiary/aromatic N) is 2. The van der Waals surface area contributed by atoms with Gasteiger partial charge in [0.1, 0.15) is 10.1 Å². The zero-order valence-corrected chi connectivity index (χ0v) is 13.8. The molecule has 1 saturated heterocycles. The summed E-state index contributed by atoms with van der Waals surface area (Å²) < 4.78 is 0.279. The number of thiocarbonyl (C=S) groups is 1. The Morgan fingerprint density at radius 3 is 2.79 bits per heavy atom. The summed E-state index contributed by atoms with van der Waals surface area (Å²) in [6.45, 7) is 0.176. The number of nitro groups is 1. The maximum atomic E-state index is 12.3. The van der Waals surface area contributed by atoms with Gasteiger partial charge in [-0.15, -0.1) is 0 Å². The maximum Gasteiger partial charge on any atom is 0.303 e.